The summed E-state index contributed by atoms with van der Waals surface area (Å²) >= 11 is 5.93. The second kappa shape index (κ2) is 5.50. The van der Waals surface area contributed by atoms with Crippen LogP contribution in [-0.4, -0.2) is 23.1 Å². The van der Waals surface area contributed by atoms with E-state index in [1.54, 1.807) is 6.07 Å². The van der Waals surface area contributed by atoms with Gasteiger partial charge in [0, 0.05) is 12.1 Å². The van der Waals surface area contributed by atoms with Crippen molar-refractivity contribution >= 4 is 11.6 Å². The molecule has 0 aromatic heterocycles. The first kappa shape index (κ1) is 13.7. The number of likely N-dealkylation sites (tertiary alicyclic amines) is 1. The minimum Gasteiger partial charge on any atom is -0.506 e. The Kier molecular flexibility index (Phi) is 4.18. The zero-order chi connectivity index (χ0) is 13.2. The fourth-order valence-corrected chi connectivity index (χ4v) is 2.73. The molecule has 0 saturated carbocycles. The molecule has 1 aromatic carbocycles. The molecular formula is C15H22ClNO. The first-order valence-electron chi connectivity index (χ1n) is 6.73. The Labute approximate surface area is 115 Å². The number of phenols is 1. The summed E-state index contributed by atoms with van der Waals surface area (Å²) in [6.07, 6.45) is 3.74. The lowest BCUT2D eigenvalue weighted by Gasteiger charge is -2.39. The van der Waals surface area contributed by atoms with Gasteiger partial charge in [0.15, 0.2) is 0 Å². The maximum atomic E-state index is 9.92. The number of halogens is 1. The van der Waals surface area contributed by atoms with Crippen LogP contribution in [0.15, 0.2) is 18.2 Å². The summed E-state index contributed by atoms with van der Waals surface area (Å²) in [6.45, 7) is 7.67. The fourth-order valence-electron chi connectivity index (χ4n) is 2.53. The zero-order valence-corrected chi connectivity index (χ0v) is 12.0. The molecular weight excluding hydrogens is 246 g/mol. The van der Waals surface area contributed by atoms with Gasteiger partial charge in [0.25, 0.3) is 0 Å². The first-order chi connectivity index (χ1) is 8.54. The highest BCUT2D eigenvalue weighted by molar-refractivity contribution is 6.32. The number of rotatable bonds is 3. The van der Waals surface area contributed by atoms with E-state index >= 15 is 0 Å². The van der Waals surface area contributed by atoms with E-state index in [0.29, 0.717) is 10.4 Å². The molecule has 0 unspecified atom stereocenters. The summed E-state index contributed by atoms with van der Waals surface area (Å²) in [5, 5.41) is 10.4. The van der Waals surface area contributed by atoms with Crippen LogP contribution in [0.1, 0.15) is 38.7 Å². The SMILES string of the molecule is CCC1(C)CCN(Cc2cccc(Cl)c2O)CC1. The molecule has 18 heavy (non-hydrogen) atoms. The Morgan fingerprint density at radius 1 is 1.33 bits per heavy atom. The summed E-state index contributed by atoms with van der Waals surface area (Å²) in [5.74, 6) is 0.239. The molecule has 0 radical (unpaired) electrons. The van der Waals surface area contributed by atoms with E-state index in [4.69, 9.17) is 11.6 Å². The van der Waals surface area contributed by atoms with Crippen molar-refractivity contribution in [3.05, 3.63) is 28.8 Å². The van der Waals surface area contributed by atoms with Gasteiger partial charge in [0.1, 0.15) is 5.75 Å². The number of piperidine rings is 1. The second-order valence-electron chi connectivity index (χ2n) is 5.69. The van der Waals surface area contributed by atoms with Crippen molar-refractivity contribution in [1.29, 1.82) is 0 Å². The molecule has 1 aromatic rings. The molecule has 1 N–H and O–H groups in total. The lowest BCUT2D eigenvalue weighted by Crippen LogP contribution is -2.37. The van der Waals surface area contributed by atoms with E-state index in [-0.39, 0.29) is 5.75 Å². The topological polar surface area (TPSA) is 23.5 Å². The second-order valence-corrected chi connectivity index (χ2v) is 6.10. The average Bonchev–Trinajstić information content (AvgIpc) is 2.38. The van der Waals surface area contributed by atoms with Gasteiger partial charge in [-0.3, -0.25) is 4.90 Å². The van der Waals surface area contributed by atoms with E-state index in [1.807, 2.05) is 12.1 Å². The Morgan fingerprint density at radius 3 is 2.61 bits per heavy atom. The van der Waals surface area contributed by atoms with Gasteiger partial charge >= 0.3 is 0 Å². The number of aromatic hydroxyl groups is 1. The number of nitrogens with zero attached hydrogens (tertiary/aromatic N) is 1. The molecule has 1 heterocycles. The van der Waals surface area contributed by atoms with Crippen LogP contribution >= 0.6 is 11.6 Å². The van der Waals surface area contributed by atoms with E-state index in [2.05, 4.69) is 18.7 Å². The monoisotopic (exact) mass is 267 g/mol. The van der Waals surface area contributed by atoms with Crippen LogP contribution in [0, 0.1) is 5.41 Å². The Bertz CT molecular complexity index is 411. The average molecular weight is 268 g/mol. The van der Waals surface area contributed by atoms with E-state index in [1.165, 1.54) is 19.3 Å². The Balaban J connectivity index is 1.98. The molecule has 1 aliphatic heterocycles. The third kappa shape index (κ3) is 2.99. The van der Waals surface area contributed by atoms with Gasteiger partial charge in [-0.05, 0) is 37.4 Å². The quantitative estimate of drug-likeness (QED) is 0.893. The molecule has 0 aliphatic carbocycles. The summed E-state index contributed by atoms with van der Waals surface area (Å²) in [6, 6.07) is 5.58. The molecule has 100 valence electrons. The number of para-hydroxylation sites is 1. The molecule has 1 aliphatic rings. The van der Waals surface area contributed by atoms with Crippen molar-refractivity contribution in [2.45, 2.75) is 39.7 Å². The highest BCUT2D eigenvalue weighted by Crippen LogP contribution is 2.35. The van der Waals surface area contributed by atoms with Crippen molar-refractivity contribution < 1.29 is 5.11 Å². The van der Waals surface area contributed by atoms with Crippen LogP contribution in [0.4, 0.5) is 0 Å². The fraction of sp³-hybridized carbons (Fsp3) is 0.600. The van der Waals surface area contributed by atoms with Gasteiger partial charge in [0.2, 0.25) is 0 Å². The number of benzene rings is 1. The van der Waals surface area contributed by atoms with Gasteiger partial charge < -0.3 is 5.11 Å². The molecule has 3 heteroatoms. The highest BCUT2D eigenvalue weighted by Gasteiger charge is 2.28. The third-order valence-electron chi connectivity index (χ3n) is 4.38. The Morgan fingerprint density at radius 2 is 2.00 bits per heavy atom. The lowest BCUT2D eigenvalue weighted by molar-refractivity contribution is 0.109. The smallest absolute Gasteiger partial charge is 0.138 e. The van der Waals surface area contributed by atoms with Crippen molar-refractivity contribution in [3.8, 4) is 5.75 Å². The summed E-state index contributed by atoms with van der Waals surface area (Å²) in [4.78, 5) is 2.41. The van der Waals surface area contributed by atoms with Crippen molar-refractivity contribution in [2.75, 3.05) is 13.1 Å². The normalized spacial score (nSPS) is 19.9. The molecule has 0 bridgehead atoms. The van der Waals surface area contributed by atoms with Crippen LogP contribution in [0.3, 0.4) is 0 Å². The largest absolute Gasteiger partial charge is 0.506 e. The first-order valence-corrected chi connectivity index (χ1v) is 7.10. The molecule has 2 nitrogen and oxygen atoms in total. The molecule has 2 rings (SSSR count). The predicted octanol–water partition coefficient (Wildman–Crippen LogP) is 4.06. The van der Waals surface area contributed by atoms with Crippen LogP contribution < -0.4 is 0 Å². The van der Waals surface area contributed by atoms with Gasteiger partial charge in [-0.1, -0.05) is 44.0 Å². The summed E-state index contributed by atoms with van der Waals surface area (Å²) in [7, 11) is 0. The molecule has 0 spiro atoms. The van der Waals surface area contributed by atoms with E-state index < -0.39 is 0 Å². The summed E-state index contributed by atoms with van der Waals surface area (Å²) < 4.78 is 0. The van der Waals surface area contributed by atoms with Crippen LogP contribution in [0.25, 0.3) is 0 Å². The number of phenolic OH excluding ortho intramolecular Hbond substituents is 1. The molecule has 1 fully saturated rings. The maximum absolute atomic E-state index is 9.92. The Hall–Kier alpha value is -0.730. The lowest BCUT2D eigenvalue weighted by atomic mass is 9.78. The maximum Gasteiger partial charge on any atom is 0.138 e. The van der Waals surface area contributed by atoms with E-state index in [0.717, 1.165) is 25.2 Å². The summed E-state index contributed by atoms with van der Waals surface area (Å²) in [5.41, 5.74) is 1.44. The minimum atomic E-state index is 0.239. The van der Waals surface area contributed by atoms with Crippen molar-refractivity contribution in [1.82, 2.24) is 4.90 Å². The van der Waals surface area contributed by atoms with Gasteiger partial charge in [-0.15, -0.1) is 0 Å². The van der Waals surface area contributed by atoms with Gasteiger partial charge in [0.05, 0.1) is 5.02 Å². The minimum absolute atomic E-state index is 0.239. The van der Waals surface area contributed by atoms with Crippen LogP contribution in [-0.2, 0) is 6.54 Å². The molecule has 0 atom stereocenters. The molecule has 0 amide bonds. The highest BCUT2D eigenvalue weighted by atomic mass is 35.5. The van der Waals surface area contributed by atoms with Gasteiger partial charge in [-0.2, -0.15) is 0 Å². The van der Waals surface area contributed by atoms with Crippen molar-refractivity contribution in [2.24, 2.45) is 5.41 Å². The van der Waals surface area contributed by atoms with Crippen molar-refractivity contribution in [3.63, 3.8) is 0 Å². The number of hydrogen-bond donors (Lipinski definition) is 1. The predicted molar refractivity (Wildman–Crippen MR) is 76.0 cm³/mol. The third-order valence-corrected chi connectivity index (χ3v) is 4.69. The van der Waals surface area contributed by atoms with Crippen LogP contribution in [0.2, 0.25) is 5.02 Å². The number of hydrogen-bond acceptors (Lipinski definition) is 2. The zero-order valence-electron chi connectivity index (χ0n) is 11.2. The van der Waals surface area contributed by atoms with Crippen LogP contribution in [0.5, 0.6) is 5.75 Å². The van der Waals surface area contributed by atoms with Gasteiger partial charge in [-0.25, -0.2) is 0 Å². The standard InChI is InChI=1S/C15H22ClNO/c1-3-15(2)7-9-17(10-8-15)11-12-5-4-6-13(16)14(12)18/h4-6,18H,3,7-11H2,1-2H3. The van der Waals surface area contributed by atoms with E-state index in [9.17, 15) is 5.11 Å². The molecule has 1 saturated heterocycles.